The van der Waals surface area contributed by atoms with Crippen LogP contribution in [-0.2, 0) is 0 Å². The van der Waals surface area contributed by atoms with Gasteiger partial charge >= 0.3 is 6.03 Å². The van der Waals surface area contributed by atoms with Crippen molar-refractivity contribution in [2.45, 2.75) is 0 Å². The number of likely N-dealkylation sites (N-methyl/N-ethyl adjacent to an activating group) is 1. The Bertz CT molecular complexity index is 937. The van der Waals surface area contributed by atoms with Crippen molar-refractivity contribution in [2.75, 3.05) is 38.2 Å². The van der Waals surface area contributed by atoms with Crippen molar-refractivity contribution < 1.29 is 9.18 Å². The highest BCUT2D eigenvalue weighted by Gasteiger charge is 2.20. The molecule has 2 amide bonds. The number of hydrogen-bond acceptors (Lipinski definition) is 4. The number of anilines is 2. The van der Waals surface area contributed by atoms with E-state index in [-0.39, 0.29) is 17.7 Å². The maximum atomic E-state index is 13.3. The van der Waals surface area contributed by atoms with Crippen molar-refractivity contribution in [2.24, 2.45) is 0 Å². The number of nitrogens with zero attached hydrogens (tertiary/aromatic N) is 3. The minimum Gasteiger partial charge on any atom is -0.382 e. The van der Waals surface area contributed by atoms with Gasteiger partial charge in [0.1, 0.15) is 17.2 Å². The molecule has 0 saturated heterocycles. The Kier molecular flexibility index (Phi) is 5.90. The summed E-state index contributed by atoms with van der Waals surface area (Å²) in [6, 6.07) is 14.9. The van der Waals surface area contributed by atoms with Crippen molar-refractivity contribution in [1.82, 2.24) is 20.0 Å². The molecule has 1 aromatic heterocycles. The van der Waals surface area contributed by atoms with E-state index in [9.17, 15) is 9.18 Å². The molecule has 1 heterocycles. The second-order valence-electron chi connectivity index (χ2n) is 6.55. The molecule has 0 saturated carbocycles. The first-order valence-electron chi connectivity index (χ1n) is 8.85. The summed E-state index contributed by atoms with van der Waals surface area (Å²) in [6.45, 7) is 1.20. The third-order valence-electron chi connectivity index (χ3n) is 4.12. The van der Waals surface area contributed by atoms with Gasteiger partial charge in [-0.15, -0.1) is 0 Å². The maximum Gasteiger partial charge on any atom is 0.319 e. The smallest absolute Gasteiger partial charge is 0.319 e. The molecule has 0 fully saturated rings. The molecule has 0 aliphatic rings. The molecule has 4 N–H and O–H groups in total. The Labute approximate surface area is 163 Å². The van der Waals surface area contributed by atoms with E-state index in [0.717, 1.165) is 5.56 Å². The predicted octanol–water partition coefficient (Wildman–Crippen LogP) is 2.94. The van der Waals surface area contributed by atoms with Gasteiger partial charge < -0.3 is 21.3 Å². The third kappa shape index (κ3) is 4.47. The molecule has 0 aliphatic carbocycles. The number of nitrogens with two attached hydrogens (primary N) is 1. The van der Waals surface area contributed by atoms with E-state index in [1.807, 2.05) is 49.3 Å². The summed E-state index contributed by atoms with van der Waals surface area (Å²) in [6.07, 6.45) is 0. The summed E-state index contributed by atoms with van der Waals surface area (Å²) >= 11 is 0. The number of nitrogen functional groups attached to an aromatic ring is 1. The molecule has 0 aliphatic heterocycles. The topological polar surface area (TPSA) is 88.2 Å². The van der Waals surface area contributed by atoms with E-state index in [2.05, 4.69) is 15.7 Å². The summed E-state index contributed by atoms with van der Waals surface area (Å²) in [5.41, 5.74) is 8.63. The van der Waals surface area contributed by atoms with Gasteiger partial charge in [-0.1, -0.05) is 30.3 Å². The first-order valence-corrected chi connectivity index (χ1v) is 8.85. The average Bonchev–Trinajstić information content (AvgIpc) is 2.99. The van der Waals surface area contributed by atoms with E-state index in [1.165, 1.54) is 16.8 Å². The number of aromatic nitrogens is 2. The first-order chi connectivity index (χ1) is 13.5. The van der Waals surface area contributed by atoms with Gasteiger partial charge in [0.05, 0.1) is 5.69 Å². The standard InChI is InChI=1S/C20H23FN6O/c1-26(2)13-12-23-20(28)24-18-17(14-6-4-3-5-7-14)25-27(19(18)22)16-10-8-15(21)9-11-16/h3-11H,12-13,22H2,1-2H3,(H2,23,24,28). The van der Waals surface area contributed by atoms with Gasteiger partial charge in [-0.3, -0.25) is 0 Å². The van der Waals surface area contributed by atoms with E-state index in [4.69, 9.17) is 5.73 Å². The molecule has 0 radical (unpaired) electrons. The molecule has 8 heteroatoms. The Balaban J connectivity index is 1.94. The summed E-state index contributed by atoms with van der Waals surface area (Å²) in [5, 5.41) is 10.2. The lowest BCUT2D eigenvalue weighted by Crippen LogP contribution is -2.34. The molecule has 146 valence electrons. The zero-order chi connectivity index (χ0) is 20.1. The number of halogens is 1. The minimum absolute atomic E-state index is 0.258. The predicted molar refractivity (Wildman–Crippen MR) is 109 cm³/mol. The fraction of sp³-hybridized carbons (Fsp3) is 0.200. The van der Waals surface area contributed by atoms with Crippen LogP contribution < -0.4 is 16.4 Å². The van der Waals surface area contributed by atoms with E-state index >= 15 is 0 Å². The van der Waals surface area contributed by atoms with Crippen LogP contribution in [0.3, 0.4) is 0 Å². The van der Waals surface area contributed by atoms with Crippen LogP contribution in [0.4, 0.5) is 20.7 Å². The van der Waals surface area contributed by atoms with Crippen LogP contribution in [-0.4, -0.2) is 47.9 Å². The van der Waals surface area contributed by atoms with Crippen LogP contribution in [0.15, 0.2) is 54.6 Å². The first kappa shape index (κ1) is 19.4. The number of amides is 2. The van der Waals surface area contributed by atoms with Gasteiger partial charge in [0.2, 0.25) is 0 Å². The highest BCUT2D eigenvalue weighted by atomic mass is 19.1. The van der Waals surface area contributed by atoms with Crippen molar-refractivity contribution in [3.8, 4) is 16.9 Å². The van der Waals surface area contributed by atoms with Gasteiger partial charge in [0.25, 0.3) is 0 Å². The third-order valence-corrected chi connectivity index (χ3v) is 4.12. The Morgan fingerprint density at radius 2 is 1.82 bits per heavy atom. The van der Waals surface area contributed by atoms with Crippen LogP contribution >= 0.6 is 0 Å². The second kappa shape index (κ2) is 8.53. The lowest BCUT2D eigenvalue weighted by Gasteiger charge is -2.12. The maximum absolute atomic E-state index is 13.3. The van der Waals surface area contributed by atoms with Gasteiger partial charge in [0.15, 0.2) is 5.82 Å². The van der Waals surface area contributed by atoms with Crippen LogP contribution in [0.2, 0.25) is 0 Å². The molecular formula is C20H23FN6O. The number of hydrogen-bond donors (Lipinski definition) is 3. The molecule has 0 atom stereocenters. The Hall–Kier alpha value is -3.39. The van der Waals surface area contributed by atoms with Gasteiger partial charge in [0, 0.05) is 18.7 Å². The van der Waals surface area contributed by atoms with E-state index < -0.39 is 0 Å². The molecule has 2 aromatic carbocycles. The van der Waals surface area contributed by atoms with E-state index in [1.54, 1.807) is 12.1 Å². The minimum atomic E-state index is -0.371. The van der Waals surface area contributed by atoms with Crippen molar-refractivity contribution in [3.05, 3.63) is 60.4 Å². The Morgan fingerprint density at radius 3 is 2.46 bits per heavy atom. The van der Waals surface area contributed by atoms with Crippen LogP contribution in [0.25, 0.3) is 16.9 Å². The number of carbonyl (C=O) groups is 1. The van der Waals surface area contributed by atoms with Crippen molar-refractivity contribution >= 4 is 17.5 Å². The highest BCUT2D eigenvalue weighted by molar-refractivity contribution is 5.97. The largest absolute Gasteiger partial charge is 0.382 e. The van der Waals surface area contributed by atoms with Gasteiger partial charge in [-0.2, -0.15) is 5.10 Å². The summed E-state index contributed by atoms with van der Waals surface area (Å²) in [5.74, 6) is -0.0930. The number of rotatable bonds is 6. The molecule has 0 unspecified atom stereocenters. The van der Waals surface area contributed by atoms with Crippen LogP contribution in [0.5, 0.6) is 0 Å². The summed E-state index contributed by atoms with van der Waals surface area (Å²) in [4.78, 5) is 14.3. The lowest BCUT2D eigenvalue weighted by atomic mass is 10.1. The number of benzene rings is 2. The summed E-state index contributed by atoms with van der Waals surface area (Å²) < 4.78 is 14.8. The molecule has 0 bridgehead atoms. The fourth-order valence-corrected chi connectivity index (χ4v) is 2.68. The van der Waals surface area contributed by atoms with Crippen molar-refractivity contribution in [3.63, 3.8) is 0 Å². The number of urea groups is 1. The zero-order valence-electron chi connectivity index (χ0n) is 15.8. The van der Waals surface area contributed by atoms with E-state index in [0.29, 0.717) is 30.2 Å². The van der Waals surface area contributed by atoms with Gasteiger partial charge in [-0.05, 0) is 38.4 Å². The normalized spacial score (nSPS) is 10.9. The Morgan fingerprint density at radius 1 is 1.14 bits per heavy atom. The monoisotopic (exact) mass is 382 g/mol. The second-order valence-corrected chi connectivity index (χ2v) is 6.55. The lowest BCUT2D eigenvalue weighted by molar-refractivity contribution is 0.250. The molecule has 3 rings (SSSR count). The van der Waals surface area contributed by atoms with Gasteiger partial charge in [-0.25, -0.2) is 13.9 Å². The number of nitrogens with one attached hydrogen (secondary N) is 2. The molecule has 0 spiro atoms. The van der Waals surface area contributed by atoms with Crippen molar-refractivity contribution in [1.29, 1.82) is 0 Å². The molecule has 7 nitrogen and oxygen atoms in total. The zero-order valence-corrected chi connectivity index (χ0v) is 15.8. The molecule has 3 aromatic rings. The summed E-state index contributed by atoms with van der Waals surface area (Å²) in [7, 11) is 3.86. The van der Waals surface area contributed by atoms with Crippen LogP contribution in [0.1, 0.15) is 0 Å². The quantitative estimate of drug-likeness (QED) is 0.612. The van der Waals surface area contributed by atoms with Crippen LogP contribution in [0, 0.1) is 5.82 Å². The highest BCUT2D eigenvalue weighted by Crippen LogP contribution is 2.33. The molecule has 28 heavy (non-hydrogen) atoms. The number of carbonyl (C=O) groups excluding carboxylic acids is 1. The average molecular weight is 382 g/mol. The SMILES string of the molecule is CN(C)CCNC(=O)Nc1c(-c2ccccc2)nn(-c2ccc(F)cc2)c1N. The fourth-order valence-electron chi connectivity index (χ4n) is 2.68. The molecular weight excluding hydrogens is 359 g/mol.